The molecule has 0 amide bonds. The highest BCUT2D eigenvalue weighted by molar-refractivity contribution is 5.96. The Bertz CT molecular complexity index is 2120. The van der Waals surface area contributed by atoms with Gasteiger partial charge in [-0.15, -0.1) is 0 Å². The zero-order valence-electron chi connectivity index (χ0n) is 28.8. The van der Waals surface area contributed by atoms with Gasteiger partial charge in [0.25, 0.3) is 0 Å². The van der Waals surface area contributed by atoms with Crippen LogP contribution in [0.3, 0.4) is 0 Å². The van der Waals surface area contributed by atoms with Gasteiger partial charge in [-0.05, 0) is 103 Å². The molecule has 1 aliphatic heterocycles. The third-order valence-corrected chi connectivity index (χ3v) is 9.21. The van der Waals surface area contributed by atoms with Crippen LogP contribution in [0, 0.1) is 0 Å². The van der Waals surface area contributed by atoms with Crippen molar-refractivity contribution >= 4 is 38.5 Å². The number of morpholine rings is 1. The molecular weight excluding hydrogens is 596 g/mol. The van der Waals surface area contributed by atoms with Crippen molar-refractivity contribution in [2.75, 3.05) is 44.4 Å². The van der Waals surface area contributed by atoms with E-state index in [1.54, 1.807) is 0 Å². The molecule has 0 aliphatic carbocycles. The molecule has 7 heteroatoms. The van der Waals surface area contributed by atoms with Crippen LogP contribution in [-0.4, -0.2) is 54.5 Å². The maximum atomic E-state index is 6.31. The number of pyridine rings is 3. The van der Waals surface area contributed by atoms with Gasteiger partial charge in [-0.25, -0.2) is 15.0 Å². The third-order valence-electron chi connectivity index (χ3n) is 9.21. The summed E-state index contributed by atoms with van der Waals surface area (Å²) in [5, 5.41) is 3.36. The number of rotatable bonds is 9. The summed E-state index contributed by atoms with van der Waals surface area (Å²) in [6.07, 6.45) is 0. The highest BCUT2D eigenvalue weighted by Crippen LogP contribution is 2.41. The van der Waals surface area contributed by atoms with E-state index in [2.05, 4.69) is 87.2 Å². The molecule has 4 heterocycles. The Labute approximate surface area is 282 Å². The Morgan fingerprint density at radius 1 is 0.646 bits per heavy atom. The predicted molar refractivity (Wildman–Crippen MR) is 197 cm³/mol. The van der Waals surface area contributed by atoms with Crippen molar-refractivity contribution in [3.63, 3.8) is 0 Å². The molecule has 3 aromatic carbocycles. The van der Waals surface area contributed by atoms with E-state index < -0.39 is 0 Å². The Kier molecular flexibility index (Phi) is 8.88. The molecule has 1 saturated heterocycles. The van der Waals surface area contributed by atoms with Gasteiger partial charge in [-0.3, -0.25) is 0 Å². The molecule has 246 valence electrons. The molecule has 3 aromatic heterocycles. The van der Waals surface area contributed by atoms with Crippen LogP contribution in [0.25, 0.3) is 55.0 Å². The Morgan fingerprint density at radius 2 is 1.23 bits per heavy atom. The number of hydrogen-bond donors (Lipinski definition) is 0. The van der Waals surface area contributed by atoms with Crippen LogP contribution in [0.4, 0.5) is 5.82 Å². The lowest BCUT2D eigenvalue weighted by Gasteiger charge is -2.28. The zero-order chi connectivity index (χ0) is 33.4. The Hall–Kier alpha value is -4.75. The fourth-order valence-electron chi connectivity index (χ4n) is 6.78. The minimum atomic E-state index is 0.254. The van der Waals surface area contributed by atoms with Crippen molar-refractivity contribution < 1.29 is 14.2 Å². The van der Waals surface area contributed by atoms with Crippen molar-refractivity contribution in [2.45, 2.75) is 53.4 Å². The molecular formula is C41H44N4O3. The lowest BCUT2D eigenvalue weighted by molar-refractivity contribution is 0.122. The van der Waals surface area contributed by atoms with Gasteiger partial charge in [0.1, 0.15) is 5.82 Å². The SMILES string of the molecule is CCOc1nc2ccccc2cc1-c1cc(C(C)C)c2cc(-c3cc(C(C)C)c4ccc(N5CCOCC5)nc4c3)c(OCC)nc2c1. The maximum Gasteiger partial charge on any atom is 0.221 e. The van der Waals surface area contributed by atoms with Gasteiger partial charge < -0.3 is 19.1 Å². The summed E-state index contributed by atoms with van der Waals surface area (Å²) in [5.74, 6) is 2.81. The average Bonchev–Trinajstić information content (AvgIpc) is 3.10. The highest BCUT2D eigenvalue weighted by atomic mass is 16.5. The smallest absolute Gasteiger partial charge is 0.221 e. The summed E-state index contributed by atoms with van der Waals surface area (Å²) in [6.45, 7) is 17.1. The van der Waals surface area contributed by atoms with E-state index in [4.69, 9.17) is 29.2 Å². The van der Waals surface area contributed by atoms with Gasteiger partial charge in [0.05, 0.1) is 43.0 Å². The van der Waals surface area contributed by atoms with E-state index in [0.29, 0.717) is 30.9 Å². The number of ether oxygens (including phenoxy) is 3. The molecule has 0 saturated carbocycles. The fourth-order valence-corrected chi connectivity index (χ4v) is 6.78. The first-order valence-corrected chi connectivity index (χ1v) is 17.3. The largest absolute Gasteiger partial charge is 0.478 e. The summed E-state index contributed by atoms with van der Waals surface area (Å²) in [7, 11) is 0. The lowest BCUT2D eigenvalue weighted by Crippen LogP contribution is -2.36. The van der Waals surface area contributed by atoms with Crippen LogP contribution >= 0.6 is 0 Å². The van der Waals surface area contributed by atoms with Gasteiger partial charge in [0.15, 0.2) is 0 Å². The van der Waals surface area contributed by atoms with E-state index in [0.717, 1.165) is 81.7 Å². The van der Waals surface area contributed by atoms with Crippen molar-refractivity contribution in [3.05, 3.63) is 83.9 Å². The van der Waals surface area contributed by atoms with Crippen molar-refractivity contribution in [1.29, 1.82) is 0 Å². The second kappa shape index (κ2) is 13.4. The molecule has 0 unspecified atom stereocenters. The number of benzene rings is 3. The summed E-state index contributed by atoms with van der Waals surface area (Å²) in [4.78, 5) is 17.6. The van der Waals surface area contributed by atoms with Gasteiger partial charge in [0, 0.05) is 40.4 Å². The van der Waals surface area contributed by atoms with Crippen molar-refractivity contribution in [2.24, 2.45) is 0 Å². The van der Waals surface area contributed by atoms with Gasteiger partial charge in [-0.1, -0.05) is 45.9 Å². The summed E-state index contributed by atoms with van der Waals surface area (Å²) < 4.78 is 18.0. The van der Waals surface area contributed by atoms with Gasteiger partial charge in [0.2, 0.25) is 11.8 Å². The molecule has 6 aromatic rings. The topological polar surface area (TPSA) is 69.6 Å². The fraction of sp³-hybridized carbons (Fsp3) is 0.341. The first kappa shape index (κ1) is 31.8. The molecule has 0 N–H and O–H groups in total. The van der Waals surface area contributed by atoms with Crippen LogP contribution in [0.5, 0.6) is 11.8 Å². The minimum absolute atomic E-state index is 0.254. The Balaban J connectivity index is 1.43. The van der Waals surface area contributed by atoms with E-state index >= 15 is 0 Å². The van der Waals surface area contributed by atoms with E-state index in [1.165, 1.54) is 16.5 Å². The van der Waals surface area contributed by atoms with E-state index in [9.17, 15) is 0 Å². The second-order valence-corrected chi connectivity index (χ2v) is 13.1. The van der Waals surface area contributed by atoms with Crippen LogP contribution in [0.2, 0.25) is 0 Å². The van der Waals surface area contributed by atoms with Crippen LogP contribution in [-0.2, 0) is 4.74 Å². The molecule has 0 atom stereocenters. The van der Waals surface area contributed by atoms with Crippen LogP contribution in [0.15, 0.2) is 72.8 Å². The second-order valence-electron chi connectivity index (χ2n) is 13.1. The summed E-state index contributed by atoms with van der Waals surface area (Å²) in [5.41, 5.74) is 9.29. The summed E-state index contributed by atoms with van der Waals surface area (Å²) in [6, 6.07) is 25.9. The molecule has 0 spiro atoms. The normalized spacial score (nSPS) is 13.7. The third kappa shape index (κ3) is 6.03. The summed E-state index contributed by atoms with van der Waals surface area (Å²) >= 11 is 0. The Morgan fingerprint density at radius 3 is 1.88 bits per heavy atom. The molecule has 7 rings (SSSR count). The number of aromatic nitrogens is 3. The number of anilines is 1. The van der Waals surface area contributed by atoms with Crippen LogP contribution < -0.4 is 14.4 Å². The zero-order valence-corrected chi connectivity index (χ0v) is 28.8. The number of nitrogens with zero attached hydrogens (tertiary/aromatic N) is 4. The molecule has 7 nitrogen and oxygen atoms in total. The maximum absolute atomic E-state index is 6.31. The molecule has 1 aliphatic rings. The average molecular weight is 641 g/mol. The van der Waals surface area contributed by atoms with Crippen LogP contribution in [0.1, 0.15) is 64.5 Å². The molecule has 48 heavy (non-hydrogen) atoms. The minimum Gasteiger partial charge on any atom is -0.478 e. The highest BCUT2D eigenvalue weighted by Gasteiger charge is 2.21. The predicted octanol–water partition coefficient (Wildman–Crippen LogP) is 9.55. The first-order chi connectivity index (χ1) is 23.3. The van der Waals surface area contributed by atoms with Crippen molar-refractivity contribution in [1.82, 2.24) is 15.0 Å². The molecule has 0 radical (unpaired) electrons. The van der Waals surface area contributed by atoms with E-state index in [-0.39, 0.29) is 5.92 Å². The van der Waals surface area contributed by atoms with Crippen molar-refractivity contribution in [3.8, 4) is 34.0 Å². The number of fused-ring (bicyclic) bond motifs is 3. The molecule has 1 fully saturated rings. The van der Waals surface area contributed by atoms with E-state index in [1.807, 2.05) is 32.0 Å². The molecule has 0 bridgehead atoms. The number of para-hydroxylation sites is 1. The monoisotopic (exact) mass is 640 g/mol. The first-order valence-electron chi connectivity index (χ1n) is 17.3. The number of hydrogen-bond acceptors (Lipinski definition) is 7. The van der Waals surface area contributed by atoms with Gasteiger partial charge in [-0.2, -0.15) is 0 Å². The van der Waals surface area contributed by atoms with Gasteiger partial charge >= 0.3 is 0 Å². The lowest BCUT2D eigenvalue weighted by atomic mass is 9.90. The standard InChI is InChI=1S/C41H44N4O3/c1-7-47-40-33(19-27-11-9-10-12-36(27)43-40)28-21-32(26(5)6)35-24-34(41(48-8-2)44-38(35)23-28)29-20-31(25(3)4)30-13-14-39(42-37(30)22-29)45-15-17-46-18-16-45/h9-14,19-26H,7-8,15-18H2,1-6H3. The quantitative estimate of drug-likeness (QED) is 0.156.